The Morgan fingerprint density at radius 1 is 0.388 bits per heavy atom. The van der Waals surface area contributed by atoms with Crippen LogP contribution in [-0.2, 0) is 13.1 Å². The molecule has 0 spiro atoms. The van der Waals surface area contributed by atoms with E-state index in [2.05, 4.69) is 144 Å². The van der Waals surface area contributed by atoms with E-state index < -0.39 is 0 Å². The third-order valence-electron chi connectivity index (χ3n) is 10.5. The lowest BCUT2D eigenvalue weighted by atomic mass is 10.1. The molecule has 0 aliphatic rings. The molecule has 11 rings (SSSR count). The number of nitrogens with zero attached hydrogens (tertiary/aromatic N) is 2. The summed E-state index contributed by atoms with van der Waals surface area (Å²) in [6.45, 7) is 6.40. The number of rotatable bonds is 4. The van der Waals surface area contributed by atoms with Gasteiger partial charge in [0.05, 0.1) is 0 Å². The van der Waals surface area contributed by atoms with Crippen LogP contribution in [0, 0.1) is 0 Å². The highest BCUT2D eigenvalue weighted by Gasteiger charge is 2.16. The van der Waals surface area contributed by atoms with Gasteiger partial charge < -0.3 is 9.13 Å². The van der Waals surface area contributed by atoms with Gasteiger partial charge in [-0.2, -0.15) is 0 Å². The molecule has 5 heterocycles. The molecule has 0 saturated heterocycles. The van der Waals surface area contributed by atoms with Gasteiger partial charge in [-0.05, 0) is 96.4 Å². The zero-order valence-electron chi connectivity index (χ0n) is 27.1. The van der Waals surface area contributed by atoms with Crippen LogP contribution in [0.4, 0.5) is 0 Å². The summed E-state index contributed by atoms with van der Waals surface area (Å²) >= 11 is 5.75. The van der Waals surface area contributed by atoms with Crippen LogP contribution in [0.1, 0.15) is 13.8 Å². The Kier molecular flexibility index (Phi) is 5.87. The summed E-state index contributed by atoms with van der Waals surface area (Å²) in [4.78, 5) is 2.66. The van der Waals surface area contributed by atoms with Crippen LogP contribution in [0.5, 0.6) is 0 Å². The lowest BCUT2D eigenvalue weighted by Gasteiger charge is -2.04. The smallest absolute Gasteiger partial charge is 0.0497 e. The minimum atomic E-state index is 0.960. The van der Waals surface area contributed by atoms with Crippen molar-refractivity contribution in [3.8, 4) is 20.9 Å². The molecule has 0 unspecified atom stereocenters. The molecule has 0 atom stereocenters. The van der Waals surface area contributed by atoms with Gasteiger partial charge in [0, 0.05) is 96.0 Å². The Morgan fingerprint density at radius 2 is 0.837 bits per heavy atom. The van der Waals surface area contributed by atoms with Gasteiger partial charge in [0.1, 0.15) is 0 Å². The number of fused-ring (bicyclic) bond motifs is 11. The standard InChI is InChI=1S/C44H30N2S3/c1-3-45-35-11-7-5-9-29(35)31-15-13-25(19-37(31)45)39-21-27-17-33-34-18-28-22-40(48-42(28)24-44(34)49-43(33)23-41(27)47-39)26-14-16-32-30-10-6-8-12-36(30)46(4-2)38(32)20-26/h5-24H,3-4H2,1-2H3. The quantitative estimate of drug-likeness (QED) is 0.175. The van der Waals surface area contributed by atoms with Crippen LogP contribution in [0.3, 0.4) is 0 Å². The number of para-hydroxylation sites is 2. The summed E-state index contributed by atoms with van der Waals surface area (Å²) in [6, 6.07) is 46.1. The van der Waals surface area contributed by atoms with Crippen molar-refractivity contribution in [3.63, 3.8) is 0 Å². The summed E-state index contributed by atoms with van der Waals surface area (Å²) in [5.41, 5.74) is 7.85. The van der Waals surface area contributed by atoms with Crippen molar-refractivity contribution in [2.75, 3.05) is 0 Å². The van der Waals surface area contributed by atoms with Crippen molar-refractivity contribution in [1.29, 1.82) is 0 Å². The molecule has 0 saturated carbocycles. The first-order chi connectivity index (χ1) is 24.1. The molecule has 5 heteroatoms. The Balaban J connectivity index is 1.01. The van der Waals surface area contributed by atoms with Gasteiger partial charge >= 0.3 is 0 Å². The third kappa shape index (κ3) is 3.98. The molecule has 0 bridgehead atoms. The van der Waals surface area contributed by atoms with Crippen molar-refractivity contribution < 1.29 is 0 Å². The maximum Gasteiger partial charge on any atom is 0.0497 e. The third-order valence-corrected chi connectivity index (χ3v) is 13.9. The highest BCUT2D eigenvalue weighted by Crippen LogP contribution is 2.45. The van der Waals surface area contributed by atoms with E-state index in [1.54, 1.807) is 0 Å². The van der Waals surface area contributed by atoms with E-state index in [1.165, 1.54) is 105 Å². The fraction of sp³-hybridized carbons (Fsp3) is 0.0909. The van der Waals surface area contributed by atoms with E-state index in [0.29, 0.717) is 0 Å². The molecule has 0 aliphatic carbocycles. The lowest BCUT2D eigenvalue weighted by Crippen LogP contribution is -1.92. The summed E-state index contributed by atoms with van der Waals surface area (Å²) < 4.78 is 10.3. The topological polar surface area (TPSA) is 9.86 Å². The molecule has 0 radical (unpaired) electrons. The maximum atomic E-state index is 2.45. The van der Waals surface area contributed by atoms with Crippen LogP contribution in [0.15, 0.2) is 121 Å². The van der Waals surface area contributed by atoms with Gasteiger partial charge in [-0.25, -0.2) is 0 Å². The van der Waals surface area contributed by atoms with Crippen molar-refractivity contribution in [2.45, 2.75) is 26.9 Å². The molecule has 6 aromatic carbocycles. The Morgan fingerprint density at radius 3 is 1.31 bits per heavy atom. The van der Waals surface area contributed by atoms with Crippen LogP contribution >= 0.6 is 34.0 Å². The Labute approximate surface area is 294 Å². The number of hydrogen-bond donors (Lipinski definition) is 0. The Hall–Kier alpha value is -4.94. The largest absolute Gasteiger partial charge is 0.341 e. The van der Waals surface area contributed by atoms with E-state index in [4.69, 9.17) is 0 Å². The molecule has 2 nitrogen and oxygen atoms in total. The first-order valence-electron chi connectivity index (χ1n) is 17.0. The van der Waals surface area contributed by atoms with Crippen LogP contribution < -0.4 is 0 Å². The molecular formula is C44H30N2S3. The molecule has 234 valence electrons. The Bertz CT molecular complexity index is 2930. The van der Waals surface area contributed by atoms with Gasteiger partial charge in [-0.1, -0.05) is 60.7 Å². The molecule has 0 fully saturated rings. The van der Waals surface area contributed by atoms with Crippen molar-refractivity contribution in [2.24, 2.45) is 0 Å². The second-order valence-corrected chi connectivity index (χ2v) is 16.3. The highest BCUT2D eigenvalue weighted by molar-refractivity contribution is 7.27. The monoisotopic (exact) mass is 682 g/mol. The zero-order chi connectivity index (χ0) is 32.4. The van der Waals surface area contributed by atoms with Gasteiger partial charge in [0.15, 0.2) is 0 Å². The van der Waals surface area contributed by atoms with Crippen molar-refractivity contribution >= 4 is 118 Å². The highest BCUT2D eigenvalue weighted by atomic mass is 32.1. The molecule has 0 amide bonds. The summed E-state index contributed by atoms with van der Waals surface area (Å²) in [5.74, 6) is 0. The molecule has 0 N–H and O–H groups in total. The minimum Gasteiger partial charge on any atom is -0.341 e. The van der Waals surface area contributed by atoms with Gasteiger partial charge in [0.2, 0.25) is 0 Å². The summed E-state index contributed by atoms with van der Waals surface area (Å²) in [5, 5.41) is 10.7. The van der Waals surface area contributed by atoms with Gasteiger partial charge in [-0.3, -0.25) is 0 Å². The van der Waals surface area contributed by atoms with E-state index in [9.17, 15) is 0 Å². The van der Waals surface area contributed by atoms with Gasteiger partial charge in [-0.15, -0.1) is 34.0 Å². The molecule has 49 heavy (non-hydrogen) atoms. The fourth-order valence-electron chi connectivity index (χ4n) is 8.22. The molecule has 5 aromatic heterocycles. The number of hydrogen-bond acceptors (Lipinski definition) is 3. The number of thiophene rings is 3. The number of aryl methyl sites for hydroxylation is 2. The van der Waals surface area contributed by atoms with Crippen LogP contribution in [0.2, 0.25) is 0 Å². The predicted octanol–water partition coefficient (Wildman–Crippen LogP) is 14.1. The first kappa shape index (κ1) is 28.0. The molecule has 11 aromatic rings. The predicted molar refractivity (Wildman–Crippen MR) is 218 cm³/mol. The average molecular weight is 683 g/mol. The fourth-order valence-corrected chi connectivity index (χ4v) is 11.7. The molecular weight excluding hydrogens is 653 g/mol. The van der Waals surface area contributed by atoms with E-state index >= 15 is 0 Å². The lowest BCUT2D eigenvalue weighted by molar-refractivity contribution is 0.827. The summed E-state index contributed by atoms with van der Waals surface area (Å²) in [7, 11) is 0. The minimum absolute atomic E-state index is 0.960. The van der Waals surface area contributed by atoms with Gasteiger partial charge in [0.25, 0.3) is 0 Å². The van der Waals surface area contributed by atoms with Crippen LogP contribution in [-0.4, -0.2) is 9.13 Å². The second kappa shape index (κ2) is 10.3. The first-order valence-corrected chi connectivity index (χ1v) is 19.5. The van der Waals surface area contributed by atoms with E-state index in [1.807, 2.05) is 34.0 Å². The maximum absolute atomic E-state index is 2.45. The second-order valence-electron chi connectivity index (χ2n) is 13.1. The SMILES string of the molecule is CCn1c2ccccc2c2ccc(-c3cc4cc5c(cc4s3)sc3cc4sc(-c6ccc7c8ccccc8n(CC)c7c6)cc4cc35)cc21. The van der Waals surface area contributed by atoms with Crippen LogP contribution in [0.25, 0.3) is 105 Å². The normalized spacial score (nSPS) is 12.4. The zero-order valence-corrected chi connectivity index (χ0v) is 29.5. The summed E-state index contributed by atoms with van der Waals surface area (Å²) in [6.07, 6.45) is 0. The van der Waals surface area contributed by atoms with Crippen molar-refractivity contribution in [1.82, 2.24) is 9.13 Å². The van der Waals surface area contributed by atoms with Crippen molar-refractivity contribution in [3.05, 3.63) is 121 Å². The number of aromatic nitrogens is 2. The molecule has 0 aliphatic heterocycles. The number of benzene rings is 6. The van der Waals surface area contributed by atoms with E-state index in [0.717, 1.165) is 13.1 Å². The van der Waals surface area contributed by atoms with E-state index in [-0.39, 0.29) is 0 Å². The average Bonchev–Trinajstić information content (AvgIpc) is 3.95.